The molecule has 9 heteroatoms. The fourth-order valence-electron chi connectivity index (χ4n) is 2.71. The largest absolute Gasteiger partial charge is 0.417 e. The molecule has 0 spiro atoms. The molecule has 0 bridgehead atoms. The molecule has 2 rings (SSSR count). The molecular weight excluding hydrogens is 379 g/mol. The molecular formula is C18H18F3N3O2S. The van der Waals surface area contributed by atoms with Crippen LogP contribution in [-0.4, -0.2) is 39.2 Å². The number of nitriles is 1. The standard InChI is InChI=1S/C18H18F3N3O2S/c1-3-4-11(2)17(26)24-10-27-9-15(24)16(25)13(7-22)14-6-5-12(8-23-14)18(19,20)21/h4-6,8,13,15H,3,9-10H2,1-2H3/b11-4+. The Kier molecular flexibility index (Phi) is 6.65. The number of amides is 1. The lowest BCUT2D eigenvalue weighted by atomic mass is 9.95. The molecule has 0 aromatic carbocycles. The van der Waals surface area contributed by atoms with Gasteiger partial charge in [0.25, 0.3) is 0 Å². The van der Waals surface area contributed by atoms with Crippen molar-refractivity contribution in [3.05, 3.63) is 41.2 Å². The number of nitrogens with zero attached hydrogens (tertiary/aromatic N) is 3. The maximum absolute atomic E-state index is 12.8. The SMILES string of the molecule is CC/C=C(\C)C(=O)N1CSCC1C(=O)C(C#N)c1ccc(C(F)(F)F)cn1. The van der Waals surface area contributed by atoms with E-state index in [0.29, 0.717) is 29.8 Å². The molecule has 1 aliphatic heterocycles. The highest BCUT2D eigenvalue weighted by atomic mass is 32.2. The average molecular weight is 397 g/mol. The average Bonchev–Trinajstić information content (AvgIpc) is 3.11. The summed E-state index contributed by atoms with van der Waals surface area (Å²) in [6.07, 6.45) is -1.51. The fourth-order valence-corrected chi connectivity index (χ4v) is 3.88. The molecule has 2 atom stereocenters. The van der Waals surface area contributed by atoms with Crippen molar-refractivity contribution in [3.8, 4) is 6.07 Å². The van der Waals surface area contributed by atoms with Gasteiger partial charge in [0.1, 0.15) is 12.0 Å². The first kappa shape index (κ1) is 21.0. The van der Waals surface area contributed by atoms with Gasteiger partial charge in [0.2, 0.25) is 5.91 Å². The Morgan fingerprint density at radius 2 is 2.19 bits per heavy atom. The molecule has 2 unspecified atom stereocenters. The topological polar surface area (TPSA) is 74.1 Å². The van der Waals surface area contributed by atoms with Gasteiger partial charge in [-0.3, -0.25) is 14.6 Å². The monoisotopic (exact) mass is 397 g/mol. The summed E-state index contributed by atoms with van der Waals surface area (Å²) in [4.78, 5) is 30.4. The minimum absolute atomic E-state index is 0.0550. The van der Waals surface area contributed by atoms with Crippen LogP contribution in [0.25, 0.3) is 0 Å². The van der Waals surface area contributed by atoms with Crippen molar-refractivity contribution in [1.82, 2.24) is 9.88 Å². The lowest BCUT2D eigenvalue weighted by Crippen LogP contribution is -2.44. The summed E-state index contributed by atoms with van der Waals surface area (Å²) in [6.45, 7) is 3.55. The lowest BCUT2D eigenvalue weighted by molar-refractivity contribution is -0.137. The van der Waals surface area contributed by atoms with Crippen molar-refractivity contribution < 1.29 is 22.8 Å². The van der Waals surface area contributed by atoms with Crippen LogP contribution < -0.4 is 0 Å². The number of hydrogen-bond donors (Lipinski definition) is 0. The van der Waals surface area contributed by atoms with E-state index < -0.39 is 29.5 Å². The number of pyridine rings is 1. The Bertz CT molecular complexity index is 785. The molecule has 0 aliphatic carbocycles. The molecule has 0 radical (unpaired) electrons. The molecule has 1 aliphatic rings. The second kappa shape index (κ2) is 8.57. The van der Waals surface area contributed by atoms with Gasteiger partial charge >= 0.3 is 6.18 Å². The van der Waals surface area contributed by atoms with Crippen molar-refractivity contribution in [2.24, 2.45) is 0 Å². The van der Waals surface area contributed by atoms with Crippen LogP contribution in [0, 0.1) is 11.3 Å². The van der Waals surface area contributed by atoms with Gasteiger partial charge in [-0.1, -0.05) is 13.0 Å². The number of Topliss-reactive ketones (excluding diaryl/α,β-unsaturated/α-hetero) is 1. The third-order valence-electron chi connectivity index (χ3n) is 4.14. The number of alkyl halides is 3. The Balaban J connectivity index is 2.24. The number of ketones is 1. The molecule has 1 saturated heterocycles. The van der Waals surface area contributed by atoms with Gasteiger partial charge in [-0.2, -0.15) is 18.4 Å². The van der Waals surface area contributed by atoms with Crippen LogP contribution in [0.4, 0.5) is 13.2 Å². The molecule has 1 aromatic rings. The second-order valence-electron chi connectivity index (χ2n) is 6.02. The van der Waals surface area contributed by atoms with Crippen LogP contribution in [0.5, 0.6) is 0 Å². The number of carbonyl (C=O) groups excluding carboxylic acids is 2. The molecule has 1 fully saturated rings. The summed E-state index contributed by atoms with van der Waals surface area (Å²) in [6, 6.07) is 2.83. The van der Waals surface area contributed by atoms with E-state index in [1.54, 1.807) is 13.0 Å². The van der Waals surface area contributed by atoms with Crippen molar-refractivity contribution in [1.29, 1.82) is 5.26 Å². The highest BCUT2D eigenvalue weighted by Gasteiger charge is 2.39. The molecule has 1 amide bonds. The third-order valence-corrected chi connectivity index (χ3v) is 5.15. The van der Waals surface area contributed by atoms with Crippen molar-refractivity contribution in [2.75, 3.05) is 11.6 Å². The Morgan fingerprint density at radius 1 is 1.48 bits per heavy atom. The second-order valence-corrected chi connectivity index (χ2v) is 7.02. The van der Waals surface area contributed by atoms with Gasteiger partial charge in [-0.15, -0.1) is 11.8 Å². The molecule has 2 heterocycles. The van der Waals surface area contributed by atoms with Gasteiger partial charge in [-0.25, -0.2) is 0 Å². The Labute approximate surface area is 159 Å². The van der Waals surface area contributed by atoms with E-state index >= 15 is 0 Å². The smallest absolute Gasteiger partial charge is 0.319 e. The summed E-state index contributed by atoms with van der Waals surface area (Å²) >= 11 is 1.39. The van der Waals surface area contributed by atoms with Crippen LogP contribution >= 0.6 is 11.8 Å². The summed E-state index contributed by atoms with van der Waals surface area (Å²) in [5.74, 6) is -1.49. The Morgan fingerprint density at radius 3 is 2.70 bits per heavy atom. The van der Waals surface area contributed by atoms with Gasteiger partial charge in [0.05, 0.1) is 23.2 Å². The van der Waals surface area contributed by atoms with Crippen LogP contribution in [0.2, 0.25) is 0 Å². The molecule has 0 N–H and O–H groups in total. The number of thioether (sulfide) groups is 1. The zero-order valence-corrected chi connectivity index (χ0v) is 15.6. The lowest BCUT2D eigenvalue weighted by Gasteiger charge is -2.24. The van der Waals surface area contributed by atoms with E-state index in [-0.39, 0.29) is 11.6 Å². The van der Waals surface area contributed by atoms with Crippen LogP contribution in [-0.2, 0) is 15.8 Å². The molecule has 5 nitrogen and oxygen atoms in total. The van der Waals surface area contributed by atoms with Crippen molar-refractivity contribution in [3.63, 3.8) is 0 Å². The summed E-state index contributed by atoms with van der Waals surface area (Å²) in [5.41, 5.74) is -0.497. The maximum atomic E-state index is 12.8. The van der Waals surface area contributed by atoms with E-state index in [0.717, 1.165) is 12.1 Å². The fraction of sp³-hybridized carbons (Fsp3) is 0.444. The highest BCUT2D eigenvalue weighted by molar-refractivity contribution is 7.99. The molecule has 0 saturated carbocycles. The van der Waals surface area contributed by atoms with Crippen LogP contribution in [0.1, 0.15) is 37.4 Å². The normalized spacial score (nSPS) is 18.9. The van der Waals surface area contributed by atoms with E-state index in [4.69, 9.17) is 0 Å². The van der Waals surface area contributed by atoms with Gasteiger partial charge in [-0.05, 0) is 25.5 Å². The highest BCUT2D eigenvalue weighted by Crippen LogP contribution is 2.31. The van der Waals surface area contributed by atoms with Gasteiger partial charge in [0.15, 0.2) is 5.78 Å². The van der Waals surface area contributed by atoms with E-state index in [9.17, 15) is 28.0 Å². The first-order chi connectivity index (χ1) is 12.7. The first-order valence-corrected chi connectivity index (χ1v) is 9.38. The maximum Gasteiger partial charge on any atom is 0.417 e. The Hall–Kier alpha value is -2.34. The molecule has 144 valence electrons. The third kappa shape index (κ3) is 4.69. The first-order valence-electron chi connectivity index (χ1n) is 8.22. The minimum atomic E-state index is -4.55. The number of carbonyl (C=O) groups is 2. The summed E-state index contributed by atoms with van der Waals surface area (Å²) in [7, 11) is 0. The molecule has 1 aromatic heterocycles. The van der Waals surface area contributed by atoms with Crippen molar-refractivity contribution >= 4 is 23.5 Å². The van der Waals surface area contributed by atoms with Crippen molar-refractivity contribution in [2.45, 2.75) is 38.4 Å². The number of rotatable bonds is 5. The number of hydrogen-bond acceptors (Lipinski definition) is 5. The quantitative estimate of drug-likeness (QED) is 0.711. The number of aromatic nitrogens is 1. The zero-order chi connectivity index (χ0) is 20.2. The molecule has 27 heavy (non-hydrogen) atoms. The predicted octanol–water partition coefficient (Wildman–Crippen LogP) is 3.53. The van der Waals surface area contributed by atoms with E-state index in [1.807, 2.05) is 13.0 Å². The van der Waals surface area contributed by atoms with Crippen LogP contribution in [0.3, 0.4) is 0 Å². The summed E-state index contributed by atoms with van der Waals surface area (Å²) in [5, 5.41) is 9.40. The van der Waals surface area contributed by atoms with Crippen LogP contribution in [0.15, 0.2) is 30.0 Å². The zero-order valence-electron chi connectivity index (χ0n) is 14.8. The predicted molar refractivity (Wildman–Crippen MR) is 94.6 cm³/mol. The number of allylic oxidation sites excluding steroid dienone is 1. The van der Waals surface area contributed by atoms with E-state index in [2.05, 4.69) is 4.98 Å². The van der Waals surface area contributed by atoms with Gasteiger partial charge in [0, 0.05) is 17.5 Å². The summed E-state index contributed by atoms with van der Waals surface area (Å²) < 4.78 is 38.0. The van der Waals surface area contributed by atoms with E-state index in [1.165, 1.54) is 16.7 Å². The van der Waals surface area contributed by atoms with Gasteiger partial charge < -0.3 is 4.90 Å². The minimum Gasteiger partial charge on any atom is -0.319 e. The number of halogens is 3.